The van der Waals surface area contributed by atoms with Crippen molar-refractivity contribution in [2.75, 3.05) is 5.75 Å². The minimum absolute atomic E-state index is 0.104. The molecule has 0 saturated heterocycles. The Labute approximate surface area is 166 Å². The van der Waals surface area contributed by atoms with Gasteiger partial charge in [0.05, 0.1) is 5.56 Å². The molecule has 1 aromatic carbocycles. The Morgan fingerprint density at radius 1 is 1.00 bits per heavy atom. The number of carbonyl (C=O) groups excluding carboxylic acids is 1. The van der Waals surface area contributed by atoms with E-state index in [2.05, 4.69) is 4.74 Å². The van der Waals surface area contributed by atoms with Crippen LogP contribution in [0.5, 0.6) is 0 Å². The van der Waals surface area contributed by atoms with Gasteiger partial charge in [-0.2, -0.15) is 34.8 Å². The molecule has 0 spiro atoms. The molecule has 0 heterocycles. The second kappa shape index (κ2) is 8.29. The van der Waals surface area contributed by atoms with Gasteiger partial charge in [-0.05, 0) is 5.56 Å². The van der Waals surface area contributed by atoms with E-state index in [-0.39, 0.29) is 11.9 Å². The van der Waals surface area contributed by atoms with Gasteiger partial charge in [0.1, 0.15) is 37.1 Å². The number of benzene rings is 1. The summed E-state index contributed by atoms with van der Waals surface area (Å²) < 4.78 is 115. The Balaban J connectivity index is 3.70. The zero-order valence-electron chi connectivity index (χ0n) is 16.0. The van der Waals surface area contributed by atoms with Crippen LogP contribution in [0, 0.1) is 0 Å². The summed E-state index contributed by atoms with van der Waals surface area (Å²) >= 11 is 0. The van der Waals surface area contributed by atoms with Crippen LogP contribution in [0.4, 0.5) is 26.3 Å². The number of ether oxygens (including phenoxy) is 1. The average molecular weight is 442 g/mol. The van der Waals surface area contributed by atoms with Crippen molar-refractivity contribution < 1.29 is 48.8 Å². The van der Waals surface area contributed by atoms with Crippen molar-refractivity contribution in [1.29, 1.82) is 0 Å². The number of rotatable bonds is 6. The molecular formula is C13H16B4F6O5S. The molecule has 0 radical (unpaired) electrons. The molecule has 1 rings (SSSR count). The van der Waals surface area contributed by atoms with E-state index in [4.69, 9.17) is 4.55 Å². The molecule has 0 amide bonds. The van der Waals surface area contributed by atoms with E-state index in [9.17, 15) is 39.6 Å². The summed E-state index contributed by atoms with van der Waals surface area (Å²) in [4.78, 5) is 12.4. The second-order valence-corrected chi connectivity index (χ2v) is 7.92. The van der Waals surface area contributed by atoms with Crippen molar-refractivity contribution in [2.45, 2.75) is 30.6 Å². The van der Waals surface area contributed by atoms with Gasteiger partial charge in [0.15, 0.2) is 0 Å². The Morgan fingerprint density at radius 3 is 1.79 bits per heavy atom. The lowest BCUT2D eigenvalue weighted by atomic mass is 9.70. The number of esters is 1. The van der Waals surface area contributed by atoms with Crippen molar-refractivity contribution in [2.24, 2.45) is 0 Å². The van der Waals surface area contributed by atoms with Crippen molar-refractivity contribution in [3.8, 4) is 0 Å². The Morgan fingerprint density at radius 2 is 1.45 bits per heavy atom. The molecule has 0 saturated carbocycles. The molecule has 158 valence electrons. The first-order valence-electron chi connectivity index (χ1n) is 8.35. The van der Waals surface area contributed by atoms with E-state index in [1.54, 1.807) is 23.5 Å². The molecule has 1 N–H and O–H groups in total. The van der Waals surface area contributed by atoms with E-state index in [0.29, 0.717) is 17.2 Å². The van der Waals surface area contributed by atoms with Crippen LogP contribution in [-0.4, -0.2) is 74.0 Å². The molecule has 5 nitrogen and oxygen atoms in total. The zero-order valence-corrected chi connectivity index (χ0v) is 16.8. The minimum Gasteiger partial charge on any atom is -0.435 e. The first kappa shape index (κ1) is 25.5. The van der Waals surface area contributed by atoms with E-state index >= 15 is 0 Å². The molecule has 29 heavy (non-hydrogen) atoms. The van der Waals surface area contributed by atoms with Gasteiger partial charge in [0.25, 0.3) is 10.1 Å². The molecule has 0 aliphatic rings. The van der Waals surface area contributed by atoms with Gasteiger partial charge in [0, 0.05) is 0 Å². The Kier molecular flexibility index (Phi) is 7.28. The first-order chi connectivity index (χ1) is 12.9. The summed E-state index contributed by atoms with van der Waals surface area (Å²) in [7, 11) is 0.600. The maximum absolute atomic E-state index is 13.4. The summed E-state index contributed by atoms with van der Waals surface area (Å²) in [5, 5.41) is 0. The molecule has 1 aromatic rings. The van der Waals surface area contributed by atoms with E-state index in [0.717, 1.165) is 11.6 Å². The molecule has 0 bridgehead atoms. The lowest BCUT2D eigenvalue weighted by Crippen LogP contribution is -2.63. The second-order valence-electron chi connectivity index (χ2n) is 6.47. The van der Waals surface area contributed by atoms with Crippen LogP contribution in [0.2, 0.25) is 0 Å². The fourth-order valence-corrected chi connectivity index (χ4v) is 4.09. The number of halogens is 6. The maximum atomic E-state index is 13.4. The highest BCUT2D eigenvalue weighted by atomic mass is 32.2. The quantitative estimate of drug-likeness (QED) is 0.226. The van der Waals surface area contributed by atoms with Crippen LogP contribution in [-0.2, 0) is 27.5 Å². The van der Waals surface area contributed by atoms with Crippen molar-refractivity contribution >= 4 is 58.4 Å². The summed E-state index contributed by atoms with van der Waals surface area (Å²) in [6.07, 6.45) is -12.1. The summed E-state index contributed by atoms with van der Waals surface area (Å²) in [5.41, 5.74) is -4.04. The molecular weight excluding hydrogens is 425 g/mol. The predicted molar refractivity (Wildman–Crippen MR) is 104 cm³/mol. The highest BCUT2D eigenvalue weighted by molar-refractivity contribution is 7.85. The zero-order chi connectivity index (χ0) is 23.0. The standard InChI is InChI=1S/C13H16B4F6O5S/c14-2-6-5(1-8(16)7(3-15)9(6)17)10(24)28-11(12(18,19)20,13(21,22)23)4-29(25,26)27/h1H,2-4,14-17H2,(H,25,26,27). The van der Waals surface area contributed by atoms with Crippen molar-refractivity contribution in [3.05, 3.63) is 22.8 Å². The van der Waals surface area contributed by atoms with Gasteiger partial charge in [-0.25, -0.2) is 4.79 Å². The molecule has 0 aliphatic carbocycles. The summed E-state index contributed by atoms with van der Waals surface area (Å²) in [6, 6.07) is 1.11. The largest absolute Gasteiger partial charge is 0.438 e. The van der Waals surface area contributed by atoms with E-state index < -0.39 is 45.4 Å². The first-order valence-corrected chi connectivity index (χ1v) is 9.96. The number of carbonyl (C=O) groups is 1. The normalized spacial score (nSPS) is 13.3. The molecule has 0 fully saturated rings. The fraction of sp³-hybridized carbons (Fsp3) is 0.462. The van der Waals surface area contributed by atoms with Crippen LogP contribution in [0.25, 0.3) is 0 Å². The SMILES string of the molecule is BCc1c(B)cc(C(=O)OC(CS(=O)(=O)O)(C(F)(F)F)C(F)(F)F)c(CB)c1B. The van der Waals surface area contributed by atoms with Crippen LogP contribution in [0.1, 0.15) is 21.5 Å². The number of hydrogen-bond acceptors (Lipinski definition) is 4. The van der Waals surface area contributed by atoms with Crippen LogP contribution < -0.4 is 10.9 Å². The third-order valence-electron chi connectivity index (χ3n) is 4.56. The van der Waals surface area contributed by atoms with Gasteiger partial charge < -0.3 is 4.74 Å². The molecule has 0 aromatic heterocycles. The van der Waals surface area contributed by atoms with E-state index in [1.165, 1.54) is 7.85 Å². The lowest BCUT2D eigenvalue weighted by Gasteiger charge is -2.35. The van der Waals surface area contributed by atoms with Crippen LogP contribution in [0.15, 0.2) is 6.07 Å². The van der Waals surface area contributed by atoms with Crippen molar-refractivity contribution in [1.82, 2.24) is 0 Å². The van der Waals surface area contributed by atoms with Gasteiger partial charge in [-0.15, -0.1) is 0 Å². The number of alkyl halides is 6. The molecule has 0 aliphatic heterocycles. The minimum atomic E-state index is -6.36. The smallest absolute Gasteiger partial charge is 0.435 e. The predicted octanol–water partition coefficient (Wildman–Crippen LogP) is -2.62. The van der Waals surface area contributed by atoms with Gasteiger partial charge >= 0.3 is 23.9 Å². The lowest BCUT2D eigenvalue weighted by molar-refractivity contribution is -0.356. The fourth-order valence-electron chi connectivity index (χ4n) is 3.19. The molecule has 0 atom stereocenters. The summed E-state index contributed by atoms with van der Waals surface area (Å²) in [6.45, 7) is 0. The third kappa shape index (κ3) is 5.14. The molecule has 16 heteroatoms. The van der Waals surface area contributed by atoms with E-state index in [1.807, 2.05) is 0 Å². The van der Waals surface area contributed by atoms with Gasteiger partial charge in [-0.3, -0.25) is 4.55 Å². The highest BCUT2D eigenvalue weighted by Gasteiger charge is 2.76. The average Bonchev–Trinajstić information content (AvgIpc) is 2.50. The Hall–Kier alpha value is -1.56. The molecule has 0 unspecified atom stereocenters. The highest BCUT2D eigenvalue weighted by Crippen LogP contribution is 2.47. The van der Waals surface area contributed by atoms with Crippen LogP contribution in [0.3, 0.4) is 0 Å². The third-order valence-corrected chi connectivity index (χ3v) is 5.33. The van der Waals surface area contributed by atoms with Gasteiger partial charge in [0.2, 0.25) is 0 Å². The summed E-state index contributed by atoms with van der Waals surface area (Å²) in [5.74, 6) is -4.90. The van der Waals surface area contributed by atoms with Gasteiger partial charge in [-0.1, -0.05) is 35.2 Å². The maximum Gasteiger partial charge on any atom is 0.438 e. The topological polar surface area (TPSA) is 80.7 Å². The monoisotopic (exact) mass is 442 g/mol. The number of hydrogen-bond donors (Lipinski definition) is 1. The van der Waals surface area contributed by atoms with Crippen LogP contribution >= 0.6 is 0 Å². The van der Waals surface area contributed by atoms with Crippen molar-refractivity contribution in [3.63, 3.8) is 0 Å². The Bertz CT molecular complexity index is 886.